The summed E-state index contributed by atoms with van der Waals surface area (Å²) in [6.45, 7) is -1.88. The molecule has 1 N–H and O–H groups in total. The van der Waals surface area contributed by atoms with Gasteiger partial charge in [-0.15, -0.1) is 10.2 Å². The van der Waals surface area contributed by atoms with E-state index in [1.165, 1.54) is 28.7 Å². The molecule has 144 valence electrons. The Hall–Kier alpha value is -2.52. The fourth-order valence-corrected chi connectivity index (χ4v) is 4.55. The zero-order valence-electron chi connectivity index (χ0n) is 14.8. The highest BCUT2D eigenvalue weighted by Crippen LogP contribution is 2.31. The molecule has 4 aromatic rings. The molecule has 0 unspecified atom stereocenters. The van der Waals surface area contributed by atoms with Gasteiger partial charge in [-0.2, -0.15) is 8.78 Å². The lowest BCUT2D eigenvalue weighted by Crippen LogP contribution is -2.04. The van der Waals surface area contributed by atoms with Gasteiger partial charge < -0.3 is 5.32 Å². The summed E-state index contributed by atoms with van der Waals surface area (Å²) in [6.07, 6.45) is 0.890. The highest BCUT2D eigenvalue weighted by molar-refractivity contribution is 8.00. The highest BCUT2D eigenvalue weighted by atomic mass is 32.2. The van der Waals surface area contributed by atoms with E-state index in [4.69, 9.17) is 0 Å². The fraction of sp³-hybridized carbons (Fsp3) is 0.211. The van der Waals surface area contributed by atoms with Crippen LogP contribution in [0.15, 0.2) is 58.9 Å². The van der Waals surface area contributed by atoms with Crippen LogP contribution >= 0.6 is 23.1 Å². The van der Waals surface area contributed by atoms with Crippen molar-refractivity contribution in [3.8, 4) is 0 Å². The van der Waals surface area contributed by atoms with E-state index in [0.29, 0.717) is 22.6 Å². The van der Waals surface area contributed by atoms with Crippen molar-refractivity contribution in [3.63, 3.8) is 0 Å². The van der Waals surface area contributed by atoms with Crippen LogP contribution in [0.2, 0.25) is 0 Å². The number of nitrogens with zero attached hydrogens (tertiary/aromatic N) is 4. The molecule has 2 aromatic heterocycles. The Labute approximate surface area is 168 Å². The number of aromatic nitrogens is 4. The predicted octanol–water partition coefficient (Wildman–Crippen LogP) is 5.23. The first-order chi connectivity index (χ1) is 13.7. The Morgan fingerprint density at radius 2 is 1.82 bits per heavy atom. The Morgan fingerprint density at radius 3 is 2.64 bits per heavy atom. The van der Waals surface area contributed by atoms with Gasteiger partial charge in [-0.1, -0.05) is 65.6 Å². The van der Waals surface area contributed by atoms with Gasteiger partial charge in [0.25, 0.3) is 0 Å². The molecule has 2 heterocycles. The largest absolute Gasteiger partial charge is 0.360 e. The van der Waals surface area contributed by atoms with Crippen LogP contribution in [0.25, 0.3) is 11.0 Å². The molecule has 2 aromatic carbocycles. The van der Waals surface area contributed by atoms with Gasteiger partial charge in [0.2, 0.25) is 5.13 Å². The zero-order chi connectivity index (χ0) is 19.3. The first-order valence-corrected chi connectivity index (χ1v) is 10.5. The second-order valence-corrected chi connectivity index (χ2v) is 8.19. The second kappa shape index (κ2) is 8.66. The number of thioether (sulfide) groups is 1. The first-order valence-electron chi connectivity index (χ1n) is 8.69. The molecule has 28 heavy (non-hydrogen) atoms. The molecule has 0 amide bonds. The molecule has 0 aliphatic rings. The minimum Gasteiger partial charge on any atom is -0.360 e. The second-order valence-electron chi connectivity index (χ2n) is 5.99. The van der Waals surface area contributed by atoms with E-state index < -0.39 is 6.55 Å². The third-order valence-electron chi connectivity index (χ3n) is 4.13. The molecule has 0 atom stereocenters. The van der Waals surface area contributed by atoms with Crippen LogP contribution in [0.5, 0.6) is 0 Å². The first kappa shape index (κ1) is 18.8. The SMILES string of the molecule is FC(F)n1c(CSc2nnc(NCCc3ccccc3)s2)nc2ccccc21. The van der Waals surface area contributed by atoms with Gasteiger partial charge in [-0.3, -0.25) is 4.57 Å². The maximum Gasteiger partial charge on any atom is 0.320 e. The van der Waals surface area contributed by atoms with Crippen molar-refractivity contribution >= 4 is 39.3 Å². The maximum absolute atomic E-state index is 13.5. The van der Waals surface area contributed by atoms with Crippen LogP contribution in [-0.4, -0.2) is 26.3 Å². The topological polar surface area (TPSA) is 55.6 Å². The van der Waals surface area contributed by atoms with E-state index >= 15 is 0 Å². The van der Waals surface area contributed by atoms with E-state index in [1.807, 2.05) is 18.2 Å². The van der Waals surface area contributed by atoms with Crippen LogP contribution in [0.3, 0.4) is 0 Å². The molecule has 4 rings (SSSR count). The molecular formula is C19H17F2N5S2. The van der Waals surface area contributed by atoms with E-state index in [1.54, 1.807) is 24.3 Å². The summed E-state index contributed by atoms with van der Waals surface area (Å²) in [6, 6.07) is 17.1. The van der Waals surface area contributed by atoms with Gasteiger partial charge in [0.15, 0.2) is 4.34 Å². The standard InChI is InChI=1S/C19H17F2N5S2/c20-17(21)26-15-9-5-4-8-14(15)23-16(26)12-27-19-25-24-18(28-19)22-11-10-13-6-2-1-3-7-13/h1-9,17H,10-12H2,(H,22,24). The maximum atomic E-state index is 13.5. The Kier molecular flexibility index (Phi) is 5.82. The van der Waals surface area contributed by atoms with Crippen LogP contribution in [0, 0.1) is 0 Å². The smallest absolute Gasteiger partial charge is 0.320 e. The molecule has 0 aliphatic heterocycles. The van der Waals surface area contributed by atoms with Gasteiger partial charge in [0, 0.05) is 6.54 Å². The van der Waals surface area contributed by atoms with E-state index in [2.05, 4.69) is 32.6 Å². The highest BCUT2D eigenvalue weighted by Gasteiger charge is 2.18. The summed E-state index contributed by atoms with van der Waals surface area (Å²) >= 11 is 2.77. The Morgan fingerprint density at radius 1 is 1.04 bits per heavy atom. The minimum atomic E-state index is -2.63. The monoisotopic (exact) mass is 417 g/mol. The Bertz CT molecular complexity index is 1050. The van der Waals surface area contributed by atoms with Crippen LogP contribution in [0.1, 0.15) is 17.9 Å². The zero-order valence-corrected chi connectivity index (χ0v) is 16.4. The lowest BCUT2D eigenvalue weighted by molar-refractivity contribution is 0.0722. The molecule has 9 heteroatoms. The third-order valence-corrected chi connectivity index (χ3v) is 6.14. The number of imidazole rings is 1. The van der Waals surface area contributed by atoms with E-state index in [-0.39, 0.29) is 0 Å². The molecule has 0 bridgehead atoms. The fourth-order valence-electron chi connectivity index (χ4n) is 2.84. The van der Waals surface area contributed by atoms with Crippen LogP contribution < -0.4 is 5.32 Å². The number of anilines is 1. The number of para-hydroxylation sites is 2. The average molecular weight is 418 g/mol. The normalized spacial score (nSPS) is 11.4. The molecule has 0 aliphatic carbocycles. The van der Waals surface area contributed by atoms with Crippen molar-refractivity contribution in [2.75, 3.05) is 11.9 Å². The number of nitrogens with one attached hydrogen (secondary N) is 1. The predicted molar refractivity (Wildman–Crippen MR) is 109 cm³/mol. The molecule has 0 saturated carbocycles. The minimum absolute atomic E-state index is 0.303. The molecule has 0 fully saturated rings. The Balaban J connectivity index is 1.37. The average Bonchev–Trinajstić information content (AvgIpc) is 3.31. The summed E-state index contributed by atoms with van der Waals surface area (Å²) in [4.78, 5) is 4.34. The van der Waals surface area contributed by atoms with Crippen LogP contribution in [-0.2, 0) is 12.2 Å². The number of alkyl halides is 2. The van der Waals surface area contributed by atoms with Crippen molar-refractivity contribution in [2.24, 2.45) is 0 Å². The summed E-state index contributed by atoms with van der Waals surface area (Å²) in [5, 5.41) is 12.2. The number of halogens is 2. The molecule has 0 saturated heterocycles. The van der Waals surface area contributed by atoms with Gasteiger partial charge in [0.1, 0.15) is 5.82 Å². The van der Waals surface area contributed by atoms with Crippen LogP contribution in [0.4, 0.5) is 13.9 Å². The summed E-state index contributed by atoms with van der Waals surface area (Å²) in [5.74, 6) is 0.632. The summed E-state index contributed by atoms with van der Waals surface area (Å²) in [5.41, 5.74) is 2.26. The molecule has 0 radical (unpaired) electrons. The van der Waals surface area contributed by atoms with Crippen molar-refractivity contribution in [1.29, 1.82) is 0 Å². The number of rotatable bonds is 8. The third kappa shape index (κ3) is 4.31. The van der Waals surface area contributed by atoms with Gasteiger partial charge >= 0.3 is 6.55 Å². The van der Waals surface area contributed by atoms with Gasteiger partial charge in [-0.25, -0.2) is 4.98 Å². The van der Waals surface area contributed by atoms with Gasteiger partial charge in [-0.05, 0) is 24.1 Å². The lowest BCUT2D eigenvalue weighted by atomic mass is 10.2. The van der Waals surface area contributed by atoms with Crippen molar-refractivity contribution in [1.82, 2.24) is 19.7 Å². The number of hydrogen-bond donors (Lipinski definition) is 1. The number of hydrogen-bond acceptors (Lipinski definition) is 6. The van der Waals surface area contributed by atoms with Crippen molar-refractivity contribution in [3.05, 3.63) is 66.0 Å². The molecule has 0 spiro atoms. The lowest BCUT2D eigenvalue weighted by Gasteiger charge is -2.06. The van der Waals surface area contributed by atoms with E-state index in [0.717, 1.165) is 27.0 Å². The molecule has 5 nitrogen and oxygen atoms in total. The van der Waals surface area contributed by atoms with Gasteiger partial charge in [0.05, 0.1) is 16.8 Å². The molecular weight excluding hydrogens is 400 g/mol. The van der Waals surface area contributed by atoms with Crippen molar-refractivity contribution < 1.29 is 8.78 Å². The van der Waals surface area contributed by atoms with E-state index in [9.17, 15) is 8.78 Å². The quantitative estimate of drug-likeness (QED) is 0.398. The number of fused-ring (bicyclic) bond motifs is 1. The number of benzene rings is 2. The van der Waals surface area contributed by atoms with Crippen molar-refractivity contribution in [2.45, 2.75) is 23.1 Å². The summed E-state index contributed by atoms with van der Waals surface area (Å²) in [7, 11) is 0. The summed E-state index contributed by atoms with van der Waals surface area (Å²) < 4.78 is 28.6.